The summed E-state index contributed by atoms with van der Waals surface area (Å²) in [5, 5.41) is 3.23. The summed E-state index contributed by atoms with van der Waals surface area (Å²) in [6.07, 6.45) is 1.11. The molecule has 1 rings (SSSR count). The minimum Gasteiger partial charge on any atom is -0.377 e. The quantitative estimate of drug-likeness (QED) is 0.647. The summed E-state index contributed by atoms with van der Waals surface area (Å²) in [4.78, 5) is 0.332. The molecule has 0 atom stereocenters. The highest BCUT2D eigenvalue weighted by molar-refractivity contribution is 7.89. The van der Waals surface area contributed by atoms with Gasteiger partial charge in [-0.15, -0.1) is 0 Å². The first-order valence-electron chi connectivity index (χ1n) is 7.37. The molecule has 21 heavy (non-hydrogen) atoms. The predicted molar refractivity (Wildman–Crippen MR) is 84.7 cm³/mol. The van der Waals surface area contributed by atoms with E-state index in [0.717, 1.165) is 18.5 Å². The Balaban J connectivity index is 2.68. The molecule has 0 aliphatic carbocycles. The van der Waals surface area contributed by atoms with E-state index in [1.165, 1.54) is 0 Å². The van der Waals surface area contributed by atoms with E-state index in [1.54, 1.807) is 12.1 Å². The summed E-state index contributed by atoms with van der Waals surface area (Å²) < 4.78 is 32.6. The van der Waals surface area contributed by atoms with Crippen LogP contribution in [-0.2, 0) is 21.3 Å². The number of ether oxygens (including phenoxy) is 1. The summed E-state index contributed by atoms with van der Waals surface area (Å²) in [6, 6.07) is 7.06. The monoisotopic (exact) mass is 314 g/mol. The Morgan fingerprint density at radius 1 is 1.19 bits per heavy atom. The molecule has 6 heteroatoms. The van der Waals surface area contributed by atoms with Gasteiger partial charge in [-0.3, -0.25) is 0 Å². The van der Waals surface area contributed by atoms with Crippen LogP contribution >= 0.6 is 0 Å². The van der Waals surface area contributed by atoms with Gasteiger partial charge in [-0.1, -0.05) is 25.1 Å². The van der Waals surface area contributed by atoms with E-state index in [0.29, 0.717) is 18.0 Å². The maximum Gasteiger partial charge on any atom is 0.240 e. The van der Waals surface area contributed by atoms with Crippen LogP contribution in [0.3, 0.4) is 0 Å². The van der Waals surface area contributed by atoms with Crippen molar-refractivity contribution in [2.75, 3.05) is 19.7 Å². The van der Waals surface area contributed by atoms with Crippen LogP contribution in [0.15, 0.2) is 29.2 Å². The first-order chi connectivity index (χ1) is 9.97. The fourth-order valence-corrected chi connectivity index (χ4v) is 3.11. The lowest BCUT2D eigenvalue weighted by Crippen LogP contribution is -2.29. The van der Waals surface area contributed by atoms with E-state index in [2.05, 4.69) is 17.0 Å². The molecule has 120 valence electrons. The lowest BCUT2D eigenvalue weighted by Gasteiger charge is -2.13. The van der Waals surface area contributed by atoms with Gasteiger partial charge < -0.3 is 10.1 Å². The van der Waals surface area contributed by atoms with Gasteiger partial charge in [-0.05, 0) is 38.4 Å². The second-order valence-corrected chi connectivity index (χ2v) is 6.84. The normalized spacial score (nSPS) is 12.0. The molecule has 0 saturated carbocycles. The summed E-state index contributed by atoms with van der Waals surface area (Å²) in [5.74, 6) is 0. The largest absolute Gasteiger partial charge is 0.377 e. The minimum atomic E-state index is -3.50. The van der Waals surface area contributed by atoms with Crippen LogP contribution in [-0.4, -0.2) is 34.2 Å². The van der Waals surface area contributed by atoms with Crippen LogP contribution in [0.25, 0.3) is 0 Å². The molecule has 1 aromatic carbocycles. The molecule has 0 amide bonds. The Morgan fingerprint density at radius 3 is 2.57 bits per heavy atom. The first kappa shape index (κ1) is 18.1. The Bertz CT molecular complexity index is 515. The summed E-state index contributed by atoms with van der Waals surface area (Å²) in [6.45, 7) is 7.97. The van der Waals surface area contributed by atoms with Gasteiger partial charge in [0.15, 0.2) is 0 Å². The van der Waals surface area contributed by atoms with Crippen molar-refractivity contribution < 1.29 is 13.2 Å². The van der Waals surface area contributed by atoms with E-state index in [-0.39, 0.29) is 12.6 Å². The maximum absolute atomic E-state index is 12.3. The molecule has 0 heterocycles. The molecule has 0 bridgehead atoms. The molecule has 1 aromatic rings. The summed E-state index contributed by atoms with van der Waals surface area (Å²) in [5.41, 5.74) is 0.781. The van der Waals surface area contributed by atoms with Crippen LogP contribution in [0.5, 0.6) is 0 Å². The minimum absolute atomic E-state index is 0.0973. The van der Waals surface area contributed by atoms with Crippen molar-refractivity contribution in [2.24, 2.45) is 0 Å². The van der Waals surface area contributed by atoms with Crippen molar-refractivity contribution in [1.29, 1.82) is 0 Å². The summed E-state index contributed by atoms with van der Waals surface area (Å²) >= 11 is 0. The number of benzene rings is 1. The maximum atomic E-state index is 12.3. The molecule has 2 N–H and O–H groups in total. The van der Waals surface area contributed by atoms with E-state index < -0.39 is 10.0 Å². The molecule has 0 spiro atoms. The molecule has 0 saturated heterocycles. The third-order valence-corrected chi connectivity index (χ3v) is 4.41. The Labute approximate surface area is 128 Å². The highest BCUT2D eigenvalue weighted by Crippen LogP contribution is 2.15. The highest BCUT2D eigenvalue weighted by atomic mass is 32.2. The van der Waals surface area contributed by atoms with Crippen molar-refractivity contribution in [3.63, 3.8) is 0 Å². The van der Waals surface area contributed by atoms with Crippen LogP contribution in [0, 0.1) is 0 Å². The SMILES string of the molecule is CCCNCc1ccccc1S(=O)(=O)NCCOC(C)C. The summed E-state index contributed by atoms with van der Waals surface area (Å²) in [7, 11) is -3.50. The highest BCUT2D eigenvalue weighted by Gasteiger charge is 2.17. The molecule has 0 aliphatic heterocycles. The number of hydrogen-bond donors (Lipinski definition) is 2. The molecule has 0 aliphatic rings. The van der Waals surface area contributed by atoms with Gasteiger partial charge >= 0.3 is 0 Å². The van der Waals surface area contributed by atoms with Crippen LogP contribution in [0.2, 0.25) is 0 Å². The van der Waals surface area contributed by atoms with Gasteiger partial charge in [0.1, 0.15) is 0 Å². The van der Waals surface area contributed by atoms with Crippen LogP contribution in [0.1, 0.15) is 32.8 Å². The third-order valence-electron chi connectivity index (χ3n) is 2.85. The molecular weight excluding hydrogens is 288 g/mol. The average molecular weight is 314 g/mol. The zero-order chi connectivity index (χ0) is 15.7. The number of sulfonamides is 1. The number of hydrogen-bond acceptors (Lipinski definition) is 4. The van der Waals surface area contributed by atoms with E-state index in [9.17, 15) is 8.42 Å². The standard InChI is InChI=1S/C15H26N2O3S/c1-4-9-16-12-14-7-5-6-8-15(14)21(18,19)17-10-11-20-13(2)3/h5-8,13,16-17H,4,9-12H2,1-3H3. The zero-order valence-electron chi connectivity index (χ0n) is 13.1. The molecule has 5 nitrogen and oxygen atoms in total. The van der Waals surface area contributed by atoms with Crippen molar-refractivity contribution in [2.45, 2.75) is 44.7 Å². The third kappa shape index (κ3) is 6.56. The van der Waals surface area contributed by atoms with Crippen LogP contribution < -0.4 is 10.0 Å². The van der Waals surface area contributed by atoms with Crippen molar-refractivity contribution in [1.82, 2.24) is 10.0 Å². The lowest BCUT2D eigenvalue weighted by molar-refractivity contribution is 0.0834. The van der Waals surface area contributed by atoms with Crippen molar-refractivity contribution >= 4 is 10.0 Å². The Kier molecular flexibility index (Phi) is 7.88. The van der Waals surface area contributed by atoms with Gasteiger partial charge in [-0.25, -0.2) is 13.1 Å². The molecule has 0 fully saturated rings. The smallest absolute Gasteiger partial charge is 0.240 e. The van der Waals surface area contributed by atoms with Crippen molar-refractivity contribution in [3.05, 3.63) is 29.8 Å². The molecule has 0 unspecified atom stereocenters. The zero-order valence-corrected chi connectivity index (χ0v) is 13.9. The Morgan fingerprint density at radius 2 is 1.90 bits per heavy atom. The second-order valence-electron chi connectivity index (χ2n) is 5.10. The van der Waals surface area contributed by atoms with Crippen molar-refractivity contribution in [3.8, 4) is 0 Å². The molecule has 0 radical (unpaired) electrons. The van der Waals surface area contributed by atoms with Gasteiger partial charge in [0.25, 0.3) is 0 Å². The second kappa shape index (κ2) is 9.15. The molecule has 0 aromatic heterocycles. The van der Waals surface area contributed by atoms with Gasteiger partial charge in [0.05, 0.1) is 17.6 Å². The fourth-order valence-electron chi connectivity index (χ4n) is 1.86. The predicted octanol–water partition coefficient (Wildman–Crippen LogP) is 1.89. The van der Waals surface area contributed by atoms with E-state index >= 15 is 0 Å². The topological polar surface area (TPSA) is 67.4 Å². The van der Waals surface area contributed by atoms with Gasteiger partial charge in [0.2, 0.25) is 10.0 Å². The average Bonchev–Trinajstić information content (AvgIpc) is 2.44. The molecular formula is C15H26N2O3S. The lowest BCUT2D eigenvalue weighted by atomic mass is 10.2. The Hall–Kier alpha value is -0.950. The first-order valence-corrected chi connectivity index (χ1v) is 8.85. The van der Waals surface area contributed by atoms with Gasteiger partial charge in [0, 0.05) is 13.1 Å². The van der Waals surface area contributed by atoms with E-state index in [4.69, 9.17) is 4.74 Å². The van der Waals surface area contributed by atoms with Gasteiger partial charge in [-0.2, -0.15) is 0 Å². The number of rotatable bonds is 10. The van der Waals surface area contributed by atoms with Crippen LogP contribution in [0.4, 0.5) is 0 Å². The number of nitrogens with one attached hydrogen (secondary N) is 2. The fraction of sp³-hybridized carbons (Fsp3) is 0.600. The van der Waals surface area contributed by atoms with E-state index in [1.807, 2.05) is 26.0 Å².